The van der Waals surface area contributed by atoms with Crippen LogP contribution in [0.15, 0.2) is 92.2 Å². The van der Waals surface area contributed by atoms with E-state index < -0.39 is 12.0 Å². The number of benzene rings is 3. The number of hydrogen-bond acceptors (Lipinski definition) is 7. The zero-order valence-corrected chi connectivity index (χ0v) is 25.1. The molecule has 6 rings (SSSR count). The molecule has 1 atom stereocenters. The molecule has 1 aliphatic heterocycles. The maximum Gasteiger partial charge on any atom is 0.338 e. The lowest BCUT2D eigenvalue weighted by Gasteiger charge is -2.27. The Kier molecular flexibility index (Phi) is 7.53. The quantitative estimate of drug-likeness (QED) is 0.202. The average Bonchev–Trinajstić information content (AvgIpc) is 3.57. The molecular formula is C32H24Cl2N2O5S. The predicted molar refractivity (Wildman–Crippen MR) is 165 cm³/mol. The molecule has 0 N–H and O–H groups in total. The van der Waals surface area contributed by atoms with Crippen molar-refractivity contribution in [3.8, 4) is 17.1 Å². The molecule has 0 aliphatic carbocycles. The van der Waals surface area contributed by atoms with Crippen molar-refractivity contribution < 1.29 is 18.7 Å². The summed E-state index contributed by atoms with van der Waals surface area (Å²) in [6, 6.07) is 19.4. The first-order valence-electron chi connectivity index (χ1n) is 13.1. The number of ether oxygens (including phenoxy) is 2. The molecule has 42 heavy (non-hydrogen) atoms. The van der Waals surface area contributed by atoms with Gasteiger partial charge in [-0.25, -0.2) is 9.79 Å². The van der Waals surface area contributed by atoms with Crippen molar-refractivity contribution in [2.45, 2.75) is 19.9 Å². The zero-order valence-electron chi connectivity index (χ0n) is 22.8. The van der Waals surface area contributed by atoms with Crippen LogP contribution < -0.4 is 19.6 Å². The third-order valence-electron chi connectivity index (χ3n) is 7.04. The molecule has 3 heterocycles. The van der Waals surface area contributed by atoms with E-state index in [0.29, 0.717) is 53.5 Å². The molecule has 3 aromatic carbocycles. The number of carbonyl (C=O) groups excluding carboxylic acids is 1. The van der Waals surface area contributed by atoms with Crippen LogP contribution in [0.25, 0.3) is 28.2 Å². The van der Waals surface area contributed by atoms with Crippen molar-refractivity contribution in [2.24, 2.45) is 4.99 Å². The van der Waals surface area contributed by atoms with Crippen molar-refractivity contribution in [3.63, 3.8) is 0 Å². The summed E-state index contributed by atoms with van der Waals surface area (Å²) >= 11 is 13.7. The van der Waals surface area contributed by atoms with Gasteiger partial charge in [0.15, 0.2) is 4.80 Å². The maximum atomic E-state index is 14.1. The van der Waals surface area contributed by atoms with Gasteiger partial charge in [-0.15, -0.1) is 0 Å². The second-order valence-corrected chi connectivity index (χ2v) is 11.4. The van der Waals surface area contributed by atoms with Crippen molar-refractivity contribution in [3.05, 3.63) is 119 Å². The van der Waals surface area contributed by atoms with Gasteiger partial charge in [0.25, 0.3) is 5.56 Å². The summed E-state index contributed by atoms with van der Waals surface area (Å²) in [6.45, 7) is 3.67. The second-order valence-electron chi connectivity index (χ2n) is 9.53. The van der Waals surface area contributed by atoms with Crippen LogP contribution in [0.3, 0.4) is 0 Å². The van der Waals surface area contributed by atoms with E-state index in [-0.39, 0.29) is 17.7 Å². The highest BCUT2D eigenvalue weighted by Gasteiger charge is 2.36. The topological polar surface area (TPSA) is 83.0 Å². The van der Waals surface area contributed by atoms with Crippen molar-refractivity contribution in [1.29, 1.82) is 0 Å². The first-order valence-corrected chi connectivity index (χ1v) is 14.7. The van der Waals surface area contributed by atoms with E-state index in [1.165, 1.54) is 15.9 Å². The molecule has 0 amide bonds. The van der Waals surface area contributed by atoms with Gasteiger partial charge in [0.2, 0.25) is 0 Å². The van der Waals surface area contributed by atoms with E-state index >= 15 is 0 Å². The van der Waals surface area contributed by atoms with E-state index in [9.17, 15) is 9.59 Å². The summed E-state index contributed by atoms with van der Waals surface area (Å²) in [7, 11) is 1.57. The summed E-state index contributed by atoms with van der Waals surface area (Å²) < 4.78 is 19.2. The second kappa shape index (κ2) is 11.3. The molecule has 5 aromatic rings. The number of thiazole rings is 1. The Morgan fingerprint density at radius 3 is 2.71 bits per heavy atom. The fraction of sp³-hybridized carbons (Fsp3) is 0.156. The van der Waals surface area contributed by atoms with Gasteiger partial charge in [-0.3, -0.25) is 9.36 Å². The third kappa shape index (κ3) is 4.85. The number of halogens is 2. The molecule has 0 saturated heterocycles. The average molecular weight is 620 g/mol. The summed E-state index contributed by atoms with van der Waals surface area (Å²) in [5.74, 6) is 0.966. The summed E-state index contributed by atoms with van der Waals surface area (Å²) in [5.41, 5.74) is 1.74. The minimum atomic E-state index is -0.832. The van der Waals surface area contributed by atoms with Crippen molar-refractivity contribution in [2.75, 3.05) is 13.7 Å². The minimum Gasteiger partial charge on any atom is -0.496 e. The number of rotatable bonds is 6. The van der Waals surface area contributed by atoms with E-state index in [0.717, 1.165) is 10.8 Å². The first kappa shape index (κ1) is 28.0. The Labute approximate surface area is 254 Å². The summed E-state index contributed by atoms with van der Waals surface area (Å²) in [5, 5.41) is 2.81. The highest BCUT2D eigenvalue weighted by molar-refractivity contribution is 7.07. The molecule has 212 valence electrons. The summed E-state index contributed by atoms with van der Waals surface area (Å²) in [6.07, 6.45) is 1.66. The van der Waals surface area contributed by atoms with Gasteiger partial charge in [0.1, 0.15) is 23.3 Å². The molecule has 0 fully saturated rings. The molecule has 0 spiro atoms. The van der Waals surface area contributed by atoms with Gasteiger partial charge in [-0.1, -0.05) is 64.9 Å². The first-order chi connectivity index (χ1) is 20.3. The molecule has 7 nitrogen and oxygen atoms in total. The zero-order chi connectivity index (χ0) is 29.5. The molecule has 2 aromatic heterocycles. The molecule has 0 radical (unpaired) electrons. The molecule has 10 heteroatoms. The largest absolute Gasteiger partial charge is 0.496 e. The Hall–Kier alpha value is -4.11. The van der Waals surface area contributed by atoms with Crippen LogP contribution in [0.2, 0.25) is 10.0 Å². The SMILES string of the molecule is CCOC(=O)C1=C(C)N=c2s/c(=C\c3ccc(-c4cc(Cl)ccc4Cl)o3)c(=O)n2[C@H]1c1c(OC)ccc2ccccc12. The number of allylic oxidation sites excluding steroid dienone is 1. The van der Waals surface area contributed by atoms with Gasteiger partial charge in [-0.2, -0.15) is 0 Å². The van der Waals surface area contributed by atoms with E-state index in [1.54, 1.807) is 57.4 Å². The number of fused-ring (bicyclic) bond motifs is 2. The minimum absolute atomic E-state index is 0.177. The van der Waals surface area contributed by atoms with Crippen molar-refractivity contribution in [1.82, 2.24) is 4.57 Å². The monoisotopic (exact) mass is 618 g/mol. The number of methoxy groups -OCH3 is 1. The normalized spacial score (nSPS) is 15.1. The van der Waals surface area contributed by atoms with Crippen LogP contribution in [0.1, 0.15) is 31.2 Å². The maximum absolute atomic E-state index is 14.1. The highest BCUT2D eigenvalue weighted by Crippen LogP contribution is 2.40. The van der Waals surface area contributed by atoms with Gasteiger partial charge in [0, 0.05) is 22.2 Å². The van der Waals surface area contributed by atoms with Gasteiger partial charge >= 0.3 is 5.97 Å². The number of esters is 1. The number of aromatic nitrogens is 1. The predicted octanol–water partition coefficient (Wildman–Crippen LogP) is 6.53. The van der Waals surface area contributed by atoms with Crippen LogP contribution >= 0.6 is 34.5 Å². The highest BCUT2D eigenvalue weighted by atomic mass is 35.5. The lowest BCUT2D eigenvalue weighted by molar-refractivity contribution is -0.139. The van der Waals surface area contributed by atoms with Crippen LogP contribution in [0.4, 0.5) is 0 Å². The van der Waals surface area contributed by atoms with Gasteiger partial charge < -0.3 is 13.9 Å². The summed E-state index contributed by atoms with van der Waals surface area (Å²) in [4.78, 5) is 32.7. The Bertz CT molecular complexity index is 2090. The number of carbonyl (C=O) groups is 1. The van der Waals surface area contributed by atoms with Crippen molar-refractivity contribution >= 4 is 57.4 Å². The Morgan fingerprint density at radius 1 is 1.12 bits per heavy atom. The van der Waals surface area contributed by atoms with Crippen LogP contribution in [0.5, 0.6) is 5.75 Å². The lowest BCUT2D eigenvalue weighted by Crippen LogP contribution is -2.40. The Balaban J connectivity index is 1.57. The molecule has 1 aliphatic rings. The smallest absolute Gasteiger partial charge is 0.338 e. The van der Waals surface area contributed by atoms with Gasteiger partial charge in [-0.05, 0) is 61.0 Å². The Morgan fingerprint density at radius 2 is 1.93 bits per heavy atom. The van der Waals surface area contributed by atoms with Crippen LogP contribution in [0, 0.1) is 0 Å². The fourth-order valence-electron chi connectivity index (χ4n) is 5.19. The van der Waals surface area contributed by atoms with E-state index in [1.807, 2.05) is 36.4 Å². The lowest BCUT2D eigenvalue weighted by atomic mass is 9.90. The van der Waals surface area contributed by atoms with E-state index in [4.69, 9.17) is 37.1 Å². The third-order valence-corrected chi connectivity index (χ3v) is 8.58. The number of hydrogen-bond donors (Lipinski definition) is 0. The molecule has 0 unspecified atom stereocenters. The van der Waals surface area contributed by atoms with Gasteiger partial charge in [0.05, 0.1) is 34.5 Å². The standard InChI is InChI=1S/C32H24Cl2N2O5S/c1-4-40-31(38)27-17(2)35-32-36(29(27)28-21-8-6-5-7-18(21)9-13-25(28)39-3)30(37)26(42-32)16-20-11-14-24(41-20)22-15-19(33)10-12-23(22)34/h5-16,29H,4H2,1-3H3/b26-16-/t29-/m1/s1. The molecule has 0 saturated carbocycles. The van der Waals surface area contributed by atoms with Crippen LogP contribution in [-0.4, -0.2) is 24.3 Å². The number of furan rings is 1. The number of nitrogens with zero attached hydrogens (tertiary/aromatic N) is 2. The molecular weight excluding hydrogens is 595 g/mol. The van der Waals surface area contributed by atoms with Crippen LogP contribution in [-0.2, 0) is 9.53 Å². The fourth-order valence-corrected chi connectivity index (χ4v) is 6.60. The van der Waals surface area contributed by atoms with E-state index in [2.05, 4.69) is 4.99 Å². The molecule has 0 bridgehead atoms.